The number of aromatic nitrogens is 2. The molecule has 21 heavy (non-hydrogen) atoms. The summed E-state index contributed by atoms with van der Waals surface area (Å²) in [5.74, 6) is 6.62. The van der Waals surface area contributed by atoms with Gasteiger partial charge in [0.25, 0.3) is 0 Å². The zero-order chi connectivity index (χ0) is 15.4. The van der Waals surface area contributed by atoms with E-state index in [0.29, 0.717) is 11.6 Å². The van der Waals surface area contributed by atoms with E-state index in [9.17, 15) is 10.1 Å². The fourth-order valence-corrected chi connectivity index (χ4v) is 1.63. The minimum absolute atomic E-state index is 0.0615. The Morgan fingerprint density at radius 2 is 2.05 bits per heavy atom. The highest BCUT2D eigenvalue weighted by Crippen LogP contribution is 2.31. The van der Waals surface area contributed by atoms with Crippen LogP contribution in [0.3, 0.4) is 0 Å². The van der Waals surface area contributed by atoms with Crippen molar-refractivity contribution in [2.45, 2.75) is 19.8 Å². The minimum atomic E-state index is -0.512. The second-order valence-corrected chi connectivity index (χ2v) is 4.58. The molecule has 110 valence electrons. The second kappa shape index (κ2) is 6.14. The molecule has 0 amide bonds. The van der Waals surface area contributed by atoms with Gasteiger partial charge in [-0.3, -0.25) is 10.1 Å². The molecule has 0 bridgehead atoms. The highest BCUT2D eigenvalue weighted by atomic mass is 16.6. The summed E-state index contributed by atoms with van der Waals surface area (Å²) in [5, 5.41) is 11.0. The monoisotopic (exact) mass is 289 g/mol. The van der Waals surface area contributed by atoms with Crippen molar-refractivity contribution in [2.24, 2.45) is 5.84 Å². The van der Waals surface area contributed by atoms with Crippen molar-refractivity contribution in [3.05, 3.63) is 46.3 Å². The lowest BCUT2D eigenvalue weighted by Crippen LogP contribution is -2.11. The zero-order valence-corrected chi connectivity index (χ0v) is 11.6. The molecule has 1 aromatic carbocycles. The Morgan fingerprint density at radius 1 is 1.33 bits per heavy atom. The number of nitrogens with one attached hydrogen (secondary N) is 1. The number of ether oxygens (including phenoxy) is 1. The third-order valence-electron chi connectivity index (χ3n) is 2.66. The first kappa shape index (κ1) is 14.7. The molecule has 2 aromatic rings. The van der Waals surface area contributed by atoms with Gasteiger partial charge in [0, 0.05) is 18.1 Å². The lowest BCUT2D eigenvalue weighted by Gasteiger charge is -2.10. The normalized spacial score (nSPS) is 10.5. The smallest absolute Gasteiger partial charge is 0.311 e. The first-order valence-corrected chi connectivity index (χ1v) is 6.28. The summed E-state index contributed by atoms with van der Waals surface area (Å²) in [4.78, 5) is 18.9. The van der Waals surface area contributed by atoms with Crippen LogP contribution in [0.1, 0.15) is 25.6 Å². The summed E-state index contributed by atoms with van der Waals surface area (Å²) in [6, 6.07) is 7.56. The van der Waals surface area contributed by atoms with Crippen LogP contribution in [0, 0.1) is 10.1 Å². The van der Waals surface area contributed by atoms with E-state index in [4.69, 9.17) is 10.6 Å². The van der Waals surface area contributed by atoms with Gasteiger partial charge in [0.05, 0.1) is 4.92 Å². The number of anilines is 1. The van der Waals surface area contributed by atoms with Gasteiger partial charge in [0.15, 0.2) is 0 Å². The number of benzene rings is 1. The number of nitrogens with two attached hydrogens (primary N) is 1. The molecule has 0 atom stereocenters. The van der Waals surface area contributed by atoms with E-state index in [1.165, 1.54) is 18.2 Å². The number of hydrogen-bond donors (Lipinski definition) is 2. The maximum Gasteiger partial charge on any atom is 0.311 e. The molecule has 0 aliphatic heterocycles. The maximum atomic E-state index is 11.0. The minimum Gasteiger partial charge on any atom is -0.432 e. The number of hydrogen-bond acceptors (Lipinski definition) is 7. The van der Waals surface area contributed by atoms with Gasteiger partial charge >= 0.3 is 5.69 Å². The SMILES string of the molecule is CC(C)c1nc(NN)cc(Oc2ccccc2[N+](=O)[O-])n1. The summed E-state index contributed by atoms with van der Waals surface area (Å²) < 4.78 is 5.52. The standard InChI is InChI=1S/C13H15N5O3/c1-8(2)13-15-11(17-14)7-12(16-13)21-10-6-4-3-5-9(10)18(19)20/h3-8H,14H2,1-2H3,(H,15,16,17). The predicted molar refractivity (Wildman–Crippen MR) is 77.1 cm³/mol. The van der Waals surface area contributed by atoms with Crippen molar-refractivity contribution >= 4 is 11.5 Å². The molecule has 8 nitrogen and oxygen atoms in total. The Labute approximate surface area is 121 Å². The van der Waals surface area contributed by atoms with E-state index in [1.54, 1.807) is 12.1 Å². The molecule has 0 radical (unpaired) electrons. The topological polar surface area (TPSA) is 116 Å². The Morgan fingerprint density at radius 3 is 2.67 bits per heavy atom. The summed E-state index contributed by atoms with van der Waals surface area (Å²) in [5.41, 5.74) is 2.29. The van der Waals surface area contributed by atoms with Gasteiger partial charge in [0.1, 0.15) is 11.6 Å². The Balaban J connectivity index is 2.40. The molecule has 0 aliphatic carbocycles. The van der Waals surface area contributed by atoms with Gasteiger partial charge < -0.3 is 10.2 Å². The number of nitrogen functional groups attached to an aromatic ring is 1. The fourth-order valence-electron chi connectivity index (χ4n) is 1.63. The molecule has 0 saturated carbocycles. The van der Waals surface area contributed by atoms with Crippen LogP contribution < -0.4 is 16.0 Å². The predicted octanol–water partition coefficient (Wildman–Crippen LogP) is 2.59. The highest BCUT2D eigenvalue weighted by Gasteiger charge is 2.16. The number of nitrogens with zero attached hydrogens (tertiary/aromatic N) is 3. The lowest BCUT2D eigenvalue weighted by atomic mass is 10.2. The molecular weight excluding hydrogens is 274 g/mol. The zero-order valence-electron chi connectivity index (χ0n) is 11.6. The van der Waals surface area contributed by atoms with Crippen LogP contribution >= 0.6 is 0 Å². The summed E-state index contributed by atoms with van der Waals surface area (Å²) in [7, 11) is 0. The van der Waals surface area contributed by atoms with E-state index >= 15 is 0 Å². The van der Waals surface area contributed by atoms with Gasteiger partial charge in [-0.05, 0) is 6.07 Å². The summed E-state index contributed by atoms with van der Waals surface area (Å²) in [6.07, 6.45) is 0. The first-order chi connectivity index (χ1) is 10.0. The first-order valence-electron chi connectivity index (χ1n) is 6.28. The average molecular weight is 289 g/mol. The largest absolute Gasteiger partial charge is 0.432 e. The van der Waals surface area contributed by atoms with Crippen molar-refractivity contribution in [3.8, 4) is 11.6 Å². The van der Waals surface area contributed by atoms with Crippen molar-refractivity contribution in [3.63, 3.8) is 0 Å². The molecule has 1 heterocycles. The van der Waals surface area contributed by atoms with Crippen LogP contribution in [0.5, 0.6) is 11.6 Å². The number of hydrazine groups is 1. The van der Waals surface area contributed by atoms with Gasteiger partial charge in [-0.2, -0.15) is 4.98 Å². The van der Waals surface area contributed by atoms with Crippen LogP contribution in [0.15, 0.2) is 30.3 Å². The van der Waals surface area contributed by atoms with Crippen molar-refractivity contribution in [1.29, 1.82) is 0 Å². The van der Waals surface area contributed by atoms with E-state index in [1.807, 2.05) is 13.8 Å². The molecule has 0 unspecified atom stereocenters. The molecule has 3 N–H and O–H groups in total. The Hall–Kier alpha value is -2.74. The molecule has 0 aliphatic rings. The van der Waals surface area contributed by atoms with Crippen LogP contribution in [-0.4, -0.2) is 14.9 Å². The Kier molecular flexibility index (Phi) is 4.29. The molecule has 1 aromatic heterocycles. The van der Waals surface area contributed by atoms with E-state index in [2.05, 4.69) is 15.4 Å². The number of para-hydroxylation sites is 2. The maximum absolute atomic E-state index is 11.0. The van der Waals surface area contributed by atoms with Crippen LogP contribution in [0.25, 0.3) is 0 Å². The molecule has 2 rings (SSSR count). The molecule has 0 spiro atoms. The van der Waals surface area contributed by atoms with Gasteiger partial charge in [-0.1, -0.05) is 26.0 Å². The fraction of sp³-hybridized carbons (Fsp3) is 0.231. The average Bonchev–Trinajstić information content (AvgIpc) is 2.47. The van der Waals surface area contributed by atoms with Gasteiger partial charge in [-0.15, -0.1) is 0 Å². The highest BCUT2D eigenvalue weighted by molar-refractivity contribution is 5.48. The molecule has 8 heteroatoms. The van der Waals surface area contributed by atoms with Gasteiger partial charge in [-0.25, -0.2) is 10.8 Å². The lowest BCUT2D eigenvalue weighted by molar-refractivity contribution is -0.385. The van der Waals surface area contributed by atoms with Crippen molar-refractivity contribution < 1.29 is 9.66 Å². The van der Waals surface area contributed by atoms with E-state index in [-0.39, 0.29) is 23.2 Å². The second-order valence-electron chi connectivity index (χ2n) is 4.58. The number of rotatable bonds is 5. The quantitative estimate of drug-likeness (QED) is 0.493. The van der Waals surface area contributed by atoms with E-state index < -0.39 is 4.92 Å². The van der Waals surface area contributed by atoms with Crippen LogP contribution in [0.4, 0.5) is 11.5 Å². The van der Waals surface area contributed by atoms with Crippen LogP contribution in [0.2, 0.25) is 0 Å². The third kappa shape index (κ3) is 3.42. The Bertz CT molecular complexity index is 660. The molecule has 0 saturated heterocycles. The number of nitro benzene ring substituents is 1. The van der Waals surface area contributed by atoms with E-state index in [0.717, 1.165) is 0 Å². The summed E-state index contributed by atoms with van der Waals surface area (Å²) in [6.45, 7) is 3.84. The number of nitro groups is 1. The molecule has 0 fully saturated rings. The molecular formula is C13H15N5O3. The van der Waals surface area contributed by atoms with Crippen LogP contribution in [-0.2, 0) is 0 Å². The summed E-state index contributed by atoms with van der Waals surface area (Å²) >= 11 is 0. The van der Waals surface area contributed by atoms with Gasteiger partial charge in [0.2, 0.25) is 11.6 Å². The van der Waals surface area contributed by atoms with Crippen molar-refractivity contribution in [2.75, 3.05) is 5.43 Å². The van der Waals surface area contributed by atoms with Crippen molar-refractivity contribution in [1.82, 2.24) is 9.97 Å². The third-order valence-corrected chi connectivity index (χ3v) is 2.66.